The van der Waals surface area contributed by atoms with E-state index in [1.165, 1.54) is 7.11 Å². The van der Waals surface area contributed by atoms with Crippen LogP contribution < -0.4 is 10.1 Å². The van der Waals surface area contributed by atoms with Gasteiger partial charge in [0.05, 0.1) is 18.1 Å². The lowest BCUT2D eigenvalue weighted by Gasteiger charge is -2.13. The smallest absolute Gasteiger partial charge is 0.311 e. The summed E-state index contributed by atoms with van der Waals surface area (Å²) in [6.45, 7) is 0.132. The number of nitrogens with one attached hydrogen (secondary N) is 1. The first-order valence-corrected chi connectivity index (χ1v) is 6.21. The minimum Gasteiger partial charge on any atom is -0.496 e. The van der Waals surface area contributed by atoms with Gasteiger partial charge in [-0.05, 0) is 31.0 Å². The van der Waals surface area contributed by atoms with Gasteiger partial charge in [0, 0.05) is 11.6 Å². The van der Waals surface area contributed by atoms with Crippen molar-refractivity contribution in [1.29, 1.82) is 0 Å². The lowest BCUT2D eigenvalue weighted by atomic mass is 10.1. The second kappa shape index (κ2) is 5.09. The molecule has 2 N–H and O–H groups in total. The van der Waals surface area contributed by atoms with Crippen molar-refractivity contribution in [3.05, 3.63) is 28.8 Å². The summed E-state index contributed by atoms with van der Waals surface area (Å²) in [6.07, 6.45) is 1.20. The maximum absolute atomic E-state index is 12.0. The van der Waals surface area contributed by atoms with Crippen LogP contribution in [0.5, 0.6) is 5.75 Å². The Morgan fingerprint density at radius 2 is 2.16 bits per heavy atom. The number of halogens is 1. The van der Waals surface area contributed by atoms with Crippen molar-refractivity contribution in [3.63, 3.8) is 0 Å². The molecule has 0 radical (unpaired) electrons. The molecule has 0 unspecified atom stereocenters. The van der Waals surface area contributed by atoms with E-state index in [-0.39, 0.29) is 12.5 Å². The molecule has 0 heterocycles. The Balaban J connectivity index is 2.06. The molecule has 19 heavy (non-hydrogen) atoms. The fraction of sp³-hybridized carbons (Fsp3) is 0.385. The van der Waals surface area contributed by atoms with Crippen molar-refractivity contribution in [2.45, 2.75) is 12.8 Å². The molecule has 0 saturated heterocycles. The van der Waals surface area contributed by atoms with Crippen LogP contribution in [-0.4, -0.2) is 30.6 Å². The minimum absolute atomic E-state index is 0.132. The number of benzene rings is 1. The third kappa shape index (κ3) is 2.81. The molecule has 1 fully saturated rings. The summed E-state index contributed by atoms with van der Waals surface area (Å²) in [5.41, 5.74) is -0.442. The standard InChI is InChI=1S/C13H14ClNO4/c1-19-10-6-8(14)2-3-9(10)11(16)15-7-13(4-5-13)12(17)18/h2-3,6H,4-5,7H2,1H3,(H,15,16)(H,17,18). The Labute approximate surface area is 115 Å². The van der Waals surface area contributed by atoms with Crippen molar-refractivity contribution in [1.82, 2.24) is 5.32 Å². The molecule has 0 bridgehead atoms. The van der Waals surface area contributed by atoms with Gasteiger partial charge in [-0.3, -0.25) is 9.59 Å². The van der Waals surface area contributed by atoms with E-state index in [2.05, 4.69) is 5.32 Å². The van der Waals surface area contributed by atoms with Crippen LogP contribution in [0.1, 0.15) is 23.2 Å². The number of carbonyl (C=O) groups excluding carboxylic acids is 1. The van der Waals surface area contributed by atoms with Crippen molar-refractivity contribution in [2.75, 3.05) is 13.7 Å². The van der Waals surface area contributed by atoms with E-state index in [9.17, 15) is 9.59 Å². The summed E-state index contributed by atoms with van der Waals surface area (Å²) in [7, 11) is 1.45. The van der Waals surface area contributed by atoms with Gasteiger partial charge in [-0.1, -0.05) is 11.6 Å². The summed E-state index contributed by atoms with van der Waals surface area (Å²) in [6, 6.07) is 4.68. The molecule has 1 aliphatic rings. The van der Waals surface area contributed by atoms with Crippen LogP contribution in [0.2, 0.25) is 5.02 Å². The number of hydrogen-bond acceptors (Lipinski definition) is 3. The Kier molecular flexibility index (Phi) is 3.66. The average molecular weight is 284 g/mol. The van der Waals surface area contributed by atoms with Crippen molar-refractivity contribution < 1.29 is 19.4 Å². The van der Waals surface area contributed by atoms with Gasteiger partial charge in [0.15, 0.2) is 0 Å². The lowest BCUT2D eigenvalue weighted by Crippen LogP contribution is -2.34. The number of carbonyl (C=O) groups is 2. The molecule has 1 amide bonds. The highest BCUT2D eigenvalue weighted by atomic mass is 35.5. The molecule has 1 aromatic carbocycles. The van der Waals surface area contributed by atoms with Gasteiger partial charge in [0.2, 0.25) is 0 Å². The molecule has 0 aromatic heterocycles. The van der Waals surface area contributed by atoms with Gasteiger partial charge in [-0.2, -0.15) is 0 Å². The fourth-order valence-corrected chi connectivity index (χ4v) is 1.98. The minimum atomic E-state index is -0.865. The Hall–Kier alpha value is -1.75. The van der Waals surface area contributed by atoms with Crippen LogP contribution in [0.15, 0.2) is 18.2 Å². The first-order chi connectivity index (χ1) is 8.98. The molecule has 5 nitrogen and oxygen atoms in total. The Morgan fingerprint density at radius 3 is 2.68 bits per heavy atom. The average Bonchev–Trinajstić information content (AvgIpc) is 3.17. The van der Waals surface area contributed by atoms with Crippen LogP contribution in [0.3, 0.4) is 0 Å². The normalized spacial score (nSPS) is 15.7. The monoisotopic (exact) mass is 283 g/mol. The van der Waals surface area contributed by atoms with E-state index < -0.39 is 11.4 Å². The molecular formula is C13H14ClNO4. The van der Waals surface area contributed by atoms with Crippen LogP contribution in [-0.2, 0) is 4.79 Å². The zero-order valence-electron chi connectivity index (χ0n) is 10.4. The van der Waals surface area contributed by atoms with Crippen LogP contribution in [0, 0.1) is 5.41 Å². The maximum Gasteiger partial charge on any atom is 0.311 e. The quantitative estimate of drug-likeness (QED) is 0.866. The molecule has 0 atom stereocenters. The van der Waals surface area contributed by atoms with E-state index in [1.54, 1.807) is 18.2 Å². The zero-order valence-corrected chi connectivity index (χ0v) is 11.2. The highest BCUT2D eigenvalue weighted by molar-refractivity contribution is 6.30. The van der Waals surface area contributed by atoms with E-state index in [0.717, 1.165) is 0 Å². The van der Waals surface area contributed by atoms with E-state index in [0.29, 0.717) is 29.2 Å². The topological polar surface area (TPSA) is 75.6 Å². The van der Waals surface area contributed by atoms with Crippen LogP contribution >= 0.6 is 11.6 Å². The molecule has 1 saturated carbocycles. The molecule has 1 aliphatic carbocycles. The molecular weight excluding hydrogens is 270 g/mol. The number of rotatable bonds is 5. The number of methoxy groups -OCH3 is 1. The van der Waals surface area contributed by atoms with Crippen LogP contribution in [0.25, 0.3) is 0 Å². The number of carboxylic acid groups (broad SMARTS) is 1. The van der Waals surface area contributed by atoms with Gasteiger partial charge < -0.3 is 15.2 Å². The molecule has 1 aromatic rings. The molecule has 0 spiro atoms. The largest absolute Gasteiger partial charge is 0.496 e. The maximum atomic E-state index is 12.0. The van der Waals surface area contributed by atoms with Gasteiger partial charge in [-0.15, -0.1) is 0 Å². The number of carboxylic acids is 1. The van der Waals surface area contributed by atoms with Gasteiger partial charge in [-0.25, -0.2) is 0 Å². The number of aliphatic carboxylic acids is 1. The molecule has 6 heteroatoms. The number of ether oxygens (including phenoxy) is 1. The molecule has 102 valence electrons. The highest BCUT2D eigenvalue weighted by Gasteiger charge is 2.50. The zero-order chi connectivity index (χ0) is 14.0. The third-order valence-electron chi connectivity index (χ3n) is 3.30. The van der Waals surface area contributed by atoms with Crippen molar-refractivity contribution in [2.24, 2.45) is 5.41 Å². The summed E-state index contributed by atoms with van der Waals surface area (Å²) in [4.78, 5) is 23.0. The number of hydrogen-bond donors (Lipinski definition) is 2. The fourth-order valence-electron chi connectivity index (χ4n) is 1.81. The van der Waals surface area contributed by atoms with Gasteiger partial charge >= 0.3 is 5.97 Å². The lowest BCUT2D eigenvalue weighted by molar-refractivity contribution is -0.143. The third-order valence-corrected chi connectivity index (χ3v) is 3.54. The molecule has 0 aliphatic heterocycles. The second-order valence-corrected chi connectivity index (χ2v) is 5.05. The Morgan fingerprint density at radius 1 is 1.47 bits per heavy atom. The summed E-state index contributed by atoms with van der Waals surface area (Å²) >= 11 is 5.81. The van der Waals surface area contributed by atoms with Gasteiger partial charge in [0.25, 0.3) is 5.91 Å². The van der Waals surface area contributed by atoms with Crippen molar-refractivity contribution in [3.8, 4) is 5.75 Å². The first kappa shape index (κ1) is 13.7. The summed E-state index contributed by atoms with van der Waals surface area (Å²) in [5, 5.41) is 12.1. The summed E-state index contributed by atoms with van der Waals surface area (Å²) in [5.74, 6) is -0.859. The van der Waals surface area contributed by atoms with Crippen LogP contribution in [0.4, 0.5) is 0 Å². The van der Waals surface area contributed by atoms with E-state index >= 15 is 0 Å². The predicted molar refractivity (Wildman–Crippen MR) is 69.6 cm³/mol. The summed E-state index contributed by atoms with van der Waals surface area (Å²) < 4.78 is 5.08. The molecule has 2 rings (SSSR count). The highest BCUT2D eigenvalue weighted by Crippen LogP contribution is 2.45. The second-order valence-electron chi connectivity index (χ2n) is 4.61. The van der Waals surface area contributed by atoms with Crippen molar-refractivity contribution >= 4 is 23.5 Å². The number of amides is 1. The predicted octanol–water partition coefficient (Wildman–Crippen LogP) is 1.94. The Bertz CT molecular complexity index is 525. The van der Waals surface area contributed by atoms with E-state index in [4.69, 9.17) is 21.4 Å². The first-order valence-electron chi connectivity index (χ1n) is 5.84. The van der Waals surface area contributed by atoms with Gasteiger partial charge in [0.1, 0.15) is 5.75 Å². The SMILES string of the molecule is COc1cc(Cl)ccc1C(=O)NCC1(C(=O)O)CC1. The van der Waals surface area contributed by atoms with E-state index in [1.807, 2.05) is 0 Å².